The number of thiophene rings is 2. The van der Waals surface area contributed by atoms with Crippen molar-refractivity contribution in [1.82, 2.24) is 9.97 Å². The standard InChI is InChI=1S/C32H18N2S2/c1-2-10-21-19(8-1)20-9-3-4-12-23(20)29-27(30-25(21)16-17-35-30)18-33-32(34-29)26-14-7-13-24-22-11-5-6-15-28(22)36-31(24)26/h1-18H/b20-19-,25-21-,29-23+,30-27+. The fourth-order valence-electron chi connectivity index (χ4n) is 5.41. The van der Waals surface area contributed by atoms with Crippen LogP contribution in [0.2, 0.25) is 0 Å². The summed E-state index contributed by atoms with van der Waals surface area (Å²) in [6.45, 7) is 0. The van der Waals surface area contributed by atoms with Crippen molar-refractivity contribution in [3.8, 4) is 11.4 Å². The first-order valence-electron chi connectivity index (χ1n) is 11.9. The van der Waals surface area contributed by atoms with E-state index in [1.54, 1.807) is 11.3 Å². The number of rotatable bonds is 1. The maximum atomic E-state index is 5.30. The highest BCUT2D eigenvalue weighted by Gasteiger charge is 2.12. The second-order valence-corrected chi connectivity index (χ2v) is 11.0. The van der Waals surface area contributed by atoms with E-state index >= 15 is 0 Å². The Kier molecular flexibility index (Phi) is 4.30. The average Bonchev–Trinajstić information content (AvgIpc) is 3.57. The van der Waals surface area contributed by atoms with E-state index < -0.39 is 0 Å². The van der Waals surface area contributed by atoms with Crippen molar-refractivity contribution in [2.45, 2.75) is 0 Å². The molecule has 4 heteroatoms. The van der Waals surface area contributed by atoms with Crippen LogP contribution >= 0.6 is 22.7 Å². The summed E-state index contributed by atoms with van der Waals surface area (Å²) in [4.78, 5) is 10.3. The Bertz CT molecular complexity index is 2390. The Labute approximate surface area is 213 Å². The first-order valence-corrected chi connectivity index (χ1v) is 13.6. The van der Waals surface area contributed by atoms with Gasteiger partial charge in [0.2, 0.25) is 0 Å². The number of hydrogen-bond acceptors (Lipinski definition) is 4. The van der Waals surface area contributed by atoms with Crippen LogP contribution < -0.4 is 0 Å². The largest absolute Gasteiger partial charge is 0.236 e. The molecule has 8 rings (SSSR count). The summed E-state index contributed by atoms with van der Waals surface area (Å²) in [6, 6.07) is 34.6. The van der Waals surface area contributed by atoms with Crippen LogP contribution in [0.15, 0.2) is 109 Å². The maximum absolute atomic E-state index is 5.30. The van der Waals surface area contributed by atoms with Crippen LogP contribution in [-0.2, 0) is 0 Å². The molecule has 0 radical (unpaired) electrons. The van der Waals surface area contributed by atoms with E-state index in [0.29, 0.717) is 0 Å². The number of aromatic nitrogens is 2. The predicted octanol–water partition coefficient (Wildman–Crippen LogP) is 8.03. The molecule has 0 saturated heterocycles. The van der Waals surface area contributed by atoms with Gasteiger partial charge in [0.25, 0.3) is 0 Å². The molecule has 0 atom stereocenters. The number of hydrogen-bond donors (Lipinski definition) is 0. The zero-order valence-electron chi connectivity index (χ0n) is 19.1. The first-order chi connectivity index (χ1) is 17.9. The summed E-state index contributed by atoms with van der Waals surface area (Å²) < 4.78 is 3.75. The zero-order valence-corrected chi connectivity index (χ0v) is 20.7. The molecule has 168 valence electrons. The molecule has 0 saturated carbocycles. The van der Waals surface area contributed by atoms with Gasteiger partial charge in [-0.25, -0.2) is 9.97 Å². The third-order valence-electron chi connectivity index (χ3n) is 7.03. The predicted molar refractivity (Wildman–Crippen MR) is 148 cm³/mol. The highest BCUT2D eigenvalue weighted by molar-refractivity contribution is 7.26. The molecule has 0 unspecified atom stereocenters. The molecular formula is C32H18N2S2. The summed E-state index contributed by atoms with van der Waals surface area (Å²) in [7, 11) is 0. The van der Waals surface area contributed by atoms with Crippen molar-refractivity contribution < 1.29 is 0 Å². The van der Waals surface area contributed by atoms with Crippen molar-refractivity contribution >= 4 is 42.8 Å². The molecule has 7 aromatic rings. The van der Waals surface area contributed by atoms with Crippen LogP contribution in [0.1, 0.15) is 0 Å². The summed E-state index contributed by atoms with van der Waals surface area (Å²) in [6.07, 6.45) is 2.03. The van der Waals surface area contributed by atoms with Gasteiger partial charge >= 0.3 is 0 Å². The third-order valence-corrected chi connectivity index (χ3v) is 9.20. The van der Waals surface area contributed by atoms with Gasteiger partial charge < -0.3 is 0 Å². The Morgan fingerprint density at radius 3 is 2.11 bits per heavy atom. The van der Waals surface area contributed by atoms with Crippen molar-refractivity contribution in [3.05, 3.63) is 150 Å². The monoisotopic (exact) mass is 494 g/mol. The van der Waals surface area contributed by atoms with Crippen LogP contribution in [0.25, 0.3) is 31.6 Å². The van der Waals surface area contributed by atoms with E-state index in [0.717, 1.165) is 27.2 Å². The van der Waals surface area contributed by atoms with Crippen molar-refractivity contribution in [3.63, 3.8) is 0 Å². The molecule has 0 spiro atoms. The topological polar surface area (TPSA) is 25.8 Å². The number of nitrogens with zero attached hydrogens (tertiary/aromatic N) is 2. The highest BCUT2D eigenvalue weighted by atomic mass is 32.1. The van der Waals surface area contributed by atoms with Gasteiger partial charge in [0.1, 0.15) is 0 Å². The van der Waals surface area contributed by atoms with Crippen molar-refractivity contribution in [1.29, 1.82) is 0 Å². The van der Waals surface area contributed by atoms with Crippen LogP contribution in [0.5, 0.6) is 0 Å². The fourth-order valence-corrected chi connectivity index (χ4v) is 7.55. The Morgan fingerprint density at radius 1 is 0.556 bits per heavy atom. The molecule has 0 bridgehead atoms. The average molecular weight is 495 g/mol. The molecule has 0 fully saturated rings. The molecule has 36 heavy (non-hydrogen) atoms. The molecule has 4 aromatic carbocycles. The molecule has 0 amide bonds. The van der Waals surface area contributed by atoms with Gasteiger partial charge in [-0.1, -0.05) is 78.9 Å². The fraction of sp³-hybridized carbons (Fsp3) is 0. The third kappa shape index (κ3) is 2.83. The second kappa shape index (κ2) is 7.69. The quantitative estimate of drug-likeness (QED) is 0.231. The lowest BCUT2D eigenvalue weighted by atomic mass is 10.1. The Hall–Kier alpha value is -4.12. The van der Waals surface area contributed by atoms with Crippen LogP contribution in [0.3, 0.4) is 0 Å². The Morgan fingerprint density at radius 2 is 1.25 bits per heavy atom. The molecule has 0 N–H and O–H groups in total. The number of fused-ring (bicyclic) bond motifs is 7. The summed E-state index contributed by atoms with van der Waals surface area (Å²) in [5, 5.41) is 12.9. The van der Waals surface area contributed by atoms with Crippen molar-refractivity contribution in [2.75, 3.05) is 0 Å². The van der Waals surface area contributed by atoms with Gasteiger partial charge in [-0.2, -0.15) is 0 Å². The summed E-state index contributed by atoms with van der Waals surface area (Å²) in [5.74, 6) is 0.771. The van der Waals surface area contributed by atoms with E-state index in [4.69, 9.17) is 9.97 Å². The smallest absolute Gasteiger partial charge is 0.161 e. The lowest BCUT2D eigenvalue weighted by Gasteiger charge is -2.04. The van der Waals surface area contributed by atoms with Crippen LogP contribution in [0, 0.1) is 41.2 Å². The number of benzene rings is 4. The van der Waals surface area contributed by atoms with Crippen LogP contribution in [-0.4, -0.2) is 9.97 Å². The maximum Gasteiger partial charge on any atom is 0.161 e. The molecule has 2 nitrogen and oxygen atoms in total. The molecule has 3 heterocycles. The summed E-state index contributed by atoms with van der Waals surface area (Å²) in [5.41, 5.74) is 1.09. The second-order valence-electron chi connectivity index (χ2n) is 8.99. The molecule has 3 aromatic heterocycles. The lowest BCUT2D eigenvalue weighted by molar-refractivity contribution is 1.10. The molecule has 1 aliphatic carbocycles. The van der Waals surface area contributed by atoms with Gasteiger partial charge in [-0.15, -0.1) is 22.7 Å². The van der Waals surface area contributed by atoms with Crippen LogP contribution in [0.4, 0.5) is 0 Å². The zero-order chi connectivity index (χ0) is 23.6. The van der Waals surface area contributed by atoms with Gasteiger partial charge in [-0.3, -0.25) is 0 Å². The first kappa shape index (κ1) is 20.1. The highest BCUT2D eigenvalue weighted by Crippen LogP contribution is 2.38. The minimum Gasteiger partial charge on any atom is -0.236 e. The van der Waals surface area contributed by atoms with E-state index in [-0.39, 0.29) is 0 Å². The molecule has 0 aliphatic heterocycles. The normalized spacial score (nSPS) is 15.9. The van der Waals surface area contributed by atoms with Crippen molar-refractivity contribution in [2.24, 2.45) is 0 Å². The van der Waals surface area contributed by atoms with Gasteiger partial charge in [0.15, 0.2) is 5.82 Å². The van der Waals surface area contributed by atoms with E-state index in [1.165, 1.54) is 45.6 Å². The lowest BCUT2D eigenvalue weighted by Crippen LogP contribution is -1.95. The van der Waals surface area contributed by atoms with Gasteiger partial charge in [-0.05, 0) is 39.2 Å². The van der Waals surface area contributed by atoms with E-state index in [1.807, 2.05) is 17.5 Å². The molecular weight excluding hydrogens is 477 g/mol. The summed E-state index contributed by atoms with van der Waals surface area (Å²) >= 11 is 3.57. The van der Waals surface area contributed by atoms with Gasteiger partial charge in [0.05, 0.1) is 5.35 Å². The van der Waals surface area contributed by atoms with E-state index in [9.17, 15) is 0 Å². The molecule has 1 aliphatic rings. The van der Waals surface area contributed by atoms with E-state index in [2.05, 4.69) is 102 Å². The minimum atomic E-state index is 0.771. The Balaban J connectivity index is 1.62. The minimum absolute atomic E-state index is 0.771. The van der Waals surface area contributed by atoms with Gasteiger partial charge in [0, 0.05) is 52.1 Å². The SMILES string of the molecule is c1ccc2/c(c1)=c1/cccc/c1=c1\nc(-c3cccc4c3sc3ccccc34)nc\c1=c1/scc/c1=2.